The summed E-state index contributed by atoms with van der Waals surface area (Å²) in [5.74, 6) is -0.927. The van der Waals surface area contributed by atoms with Crippen LogP contribution >= 0.6 is 0 Å². The van der Waals surface area contributed by atoms with Crippen LogP contribution in [0.4, 0.5) is 0 Å². The van der Waals surface area contributed by atoms with E-state index in [-0.39, 0.29) is 17.2 Å². The molecular formula is C20H32N2O5S. The van der Waals surface area contributed by atoms with Gasteiger partial charge in [0.2, 0.25) is 10.0 Å². The molecule has 0 aliphatic carbocycles. The van der Waals surface area contributed by atoms with Crippen molar-refractivity contribution >= 4 is 21.9 Å². The minimum Gasteiger partial charge on any atom is -0.481 e. The molecule has 0 unspecified atom stereocenters. The Kier molecular flexibility index (Phi) is 10.8. The molecule has 0 fully saturated rings. The summed E-state index contributed by atoms with van der Waals surface area (Å²) >= 11 is 0. The molecule has 0 aliphatic heterocycles. The average molecular weight is 413 g/mol. The summed E-state index contributed by atoms with van der Waals surface area (Å²) < 4.78 is 25.2. The van der Waals surface area contributed by atoms with Gasteiger partial charge in [-0.1, -0.05) is 38.5 Å². The van der Waals surface area contributed by atoms with Gasteiger partial charge in [-0.2, -0.15) is 0 Å². The minimum atomic E-state index is -3.49. The Balaban J connectivity index is 2.16. The van der Waals surface area contributed by atoms with Gasteiger partial charge in [-0.3, -0.25) is 9.59 Å². The predicted octanol–water partition coefficient (Wildman–Crippen LogP) is 3.26. The number of carbonyl (C=O) groups excluding carboxylic acids is 1. The van der Waals surface area contributed by atoms with Gasteiger partial charge in [0.15, 0.2) is 0 Å². The third-order valence-corrected chi connectivity index (χ3v) is 6.33. The number of carboxylic acids is 1. The van der Waals surface area contributed by atoms with Crippen LogP contribution in [-0.2, 0) is 14.8 Å². The summed E-state index contributed by atoms with van der Waals surface area (Å²) in [5, 5.41) is 11.4. The molecule has 1 aromatic rings. The first-order valence-electron chi connectivity index (χ1n) is 9.77. The number of hydrogen-bond acceptors (Lipinski definition) is 4. The van der Waals surface area contributed by atoms with E-state index in [1.807, 2.05) is 0 Å². The van der Waals surface area contributed by atoms with Crippen LogP contribution in [0.15, 0.2) is 29.2 Å². The molecule has 0 spiro atoms. The van der Waals surface area contributed by atoms with Gasteiger partial charge < -0.3 is 10.4 Å². The zero-order chi connectivity index (χ0) is 21.0. The quantitative estimate of drug-likeness (QED) is 0.457. The van der Waals surface area contributed by atoms with Crippen molar-refractivity contribution in [2.45, 2.75) is 62.7 Å². The number of benzene rings is 1. The summed E-state index contributed by atoms with van der Waals surface area (Å²) in [4.78, 5) is 22.7. The van der Waals surface area contributed by atoms with Gasteiger partial charge in [0.05, 0.1) is 4.90 Å². The van der Waals surface area contributed by atoms with E-state index < -0.39 is 16.0 Å². The van der Waals surface area contributed by atoms with Crippen LogP contribution in [0.1, 0.15) is 68.1 Å². The molecule has 1 aromatic carbocycles. The van der Waals surface area contributed by atoms with Crippen molar-refractivity contribution in [2.75, 3.05) is 20.6 Å². The van der Waals surface area contributed by atoms with Crippen LogP contribution in [0.25, 0.3) is 0 Å². The molecular weight excluding hydrogens is 380 g/mol. The van der Waals surface area contributed by atoms with Crippen molar-refractivity contribution in [1.82, 2.24) is 9.62 Å². The topological polar surface area (TPSA) is 104 Å². The SMILES string of the molecule is CN(C)S(=O)(=O)c1ccc(C(=O)NCCCCCCCCCCC(=O)O)cc1. The molecule has 0 radical (unpaired) electrons. The molecule has 7 nitrogen and oxygen atoms in total. The minimum absolute atomic E-state index is 0.164. The second-order valence-corrected chi connectivity index (χ2v) is 9.19. The van der Waals surface area contributed by atoms with E-state index in [2.05, 4.69) is 5.32 Å². The Morgan fingerprint density at radius 2 is 1.39 bits per heavy atom. The lowest BCUT2D eigenvalue weighted by molar-refractivity contribution is -0.137. The molecule has 28 heavy (non-hydrogen) atoms. The van der Waals surface area contributed by atoms with Crippen molar-refractivity contribution in [2.24, 2.45) is 0 Å². The molecule has 1 rings (SSSR count). The standard InChI is InChI=1S/C20H32N2O5S/c1-22(2)28(26,27)18-14-12-17(13-15-18)20(25)21-16-10-8-6-4-3-5-7-9-11-19(23)24/h12-15H,3-11,16H2,1-2H3,(H,21,25)(H,23,24). The maximum atomic E-state index is 12.1. The zero-order valence-corrected chi connectivity index (χ0v) is 17.6. The van der Waals surface area contributed by atoms with Crippen molar-refractivity contribution < 1.29 is 23.1 Å². The number of nitrogens with one attached hydrogen (secondary N) is 1. The highest BCUT2D eigenvalue weighted by Crippen LogP contribution is 2.14. The third-order valence-electron chi connectivity index (χ3n) is 4.50. The molecule has 0 saturated heterocycles. The summed E-state index contributed by atoms with van der Waals surface area (Å²) in [6.45, 7) is 0.592. The van der Waals surface area contributed by atoms with Gasteiger partial charge in [0, 0.05) is 32.6 Å². The van der Waals surface area contributed by atoms with E-state index in [1.54, 1.807) is 0 Å². The Labute approximate surface area is 168 Å². The highest BCUT2D eigenvalue weighted by molar-refractivity contribution is 7.89. The number of sulfonamides is 1. The van der Waals surface area contributed by atoms with E-state index in [1.165, 1.54) is 38.4 Å². The predicted molar refractivity (Wildman–Crippen MR) is 109 cm³/mol. The summed E-state index contributed by atoms with van der Waals surface area (Å²) in [7, 11) is -0.550. The Morgan fingerprint density at radius 3 is 1.89 bits per heavy atom. The molecule has 2 N–H and O–H groups in total. The maximum Gasteiger partial charge on any atom is 0.303 e. The van der Waals surface area contributed by atoms with Crippen molar-refractivity contribution in [1.29, 1.82) is 0 Å². The molecule has 158 valence electrons. The summed E-state index contributed by atoms with van der Waals surface area (Å²) in [6.07, 6.45) is 8.34. The lowest BCUT2D eigenvalue weighted by atomic mass is 10.1. The first kappa shape index (κ1) is 24.1. The summed E-state index contributed by atoms with van der Waals surface area (Å²) in [5.41, 5.74) is 0.444. The maximum absolute atomic E-state index is 12.1. The highest BCUT2D eigenvalue weighted by atomic mass is 32.2. The molecule has 1 amide bonds. The Bertz CT molecular complexity index is 715. The van der Waals surface area contributed by atoms with Crippen LogP contribution in [0.5, 0.6) is 0 Å². The molecule has 0 atom stereocenters. The fourth-order valence-corrected chi connectivity index (χ4v) is 3.66. The number of rotatable bonds is 14. The first-order valence-corrected chi connectivity index (χ1v) is 11.2. The number of nitrogens with zero attached hydrogens (tertiary/aromatic N) is 1. The first-order chi connectivity index (χ1) is 13.2. The van der Waals surface area contributed by atoms with Crippen molar-refractivity contribution in [3.05, 3.63) is 29.8 Å². The van der Waals surface area contributed by atoms with Gasteiger partial charge in [-0.25, -0.2) is 12.7 Å². The monoisotopic (exact) mass is 412 g/mol. The Hall–Kier alpha value is -1.93. The lowest BCUT2D eigenvalue weighted by Gasteiger charge is -2.11. The normalized spacial score (nSPS) is 11.5. The molecule has 0 saturated carbocycles. The van der Waals surface area contributed by atoms with E-state index in [0.29, 0.717) is 12.1 Å². The van der Waals surface area contributed by atoms with Crippen LogP contribution < -0.4 is 5.32 Å². The number of amides is 1. The number of carboxylic acid groups (broad SMARTS) is 1. The van der Waals surface area contributed by atoms with E-state index in [0.717, 1.165) is 55.7 Å². The van der Waals surface area contributed by atoms with Crippen LogP contribution in [-0.4, -0.2) is 50.3 Å². The largest absolute Gasteiger partial charge is 0.481 e. The number of unbranched alkanes of at least 4 members (excludes halogenated alkanes) is 7. The molecule has 8 heteroatoms. The summed E-state index contributed by atoms with van der Waals surface area (Å²) in [6, 6.07) is 5.94. The van der Waals surface area contributed by atoms with Crippen LogP contribution in [0.2, 0.25) is 0 Å². The molecule has 0 aliphatic rings. The van der Waals surface area contributed by atoms with E-state index in [9.17, 15) is 18.0 Å². The zero-order valence-electron chi connectivity index (χ0n) is 16.8. The molecule has 0 aromatic heterocycles. The third kappa shape index (κ3) is 8.84. The van der Waals surface area contributed by atoms with Crippen molar-refractivity contribution in [3.8, 4) is 0 Å². The molecule has 0 bridgehead atoms. The second kappa shape index (κ2) is 12.5. The van der Waals surface area contributed by atoms with Gasteiger partial charge in [0.25, 0.3) is 5.91 Å². The number of aliphatic carboxylic acids is 1. The van der Waals surface area contributed by atoms with Crippen LogP contribution in [0.3, 0.4) is 0 Å². The van der Waals surface area contributed by atoms with E-state index >= 15 is 0 Å². The molecule has 0 heterocycles. The lowest BCUT2D eigenvalue weighted by Crippen LogP contribution is -2.25. The number of hydrogen-bond donors (Lipinski definition) is 2. The fourth-order valence-electron chi connectivity index (χ4n) is 2.75. The second-order valence-electron chi connectivity index (χ2n) is 7.04. The van der Waals surface area contributed by atoms with Gasteiger partial charge in [0.1, 0.15) is 0 Å². The van der Waals surface area contributed by atoms with E-state index in [4.69, 9.17) is 5.11 Å². The number of carbonyl (C=O) groups is 2. The Morgan fingerprint density at radius 1 is 0.893 bits per heavy atom. The van der Waals surface area contributed by atoms with Crippen molar-refractivity contribution in [3.63, 3.8) is 0 Å². The fraction of sp³-hybridized carbons (Fsp3) is 0.600. The van der Waals surface area contributed by atoms with Crippen LogP contribution in [0, 0.1) is 0 Å². The smallest absolute Gasteiger partial charge is 0.303 e. The van der Waals surface area contributed by atoms with Gasteiger partial charge in [-0.05, 0) is 37.1 Å². The van der Waals surface area contributed by atoms with Gasteiger partial charge in [-0.15, -0.1) is 0 Å². The van der Waals surface area contributed by atoms with Gasteiger partial charge >= 0.3 is 5.97 Å². The highest BCUT2D eigenvalue weighted by Gasteiger charge is 2.17. The average Bonchev–Trinajstić information content (AvgIpc) is 2.65.